The summed E-state index contributed by atoms with van der Waals surface area (Å²) in [6, 6.07) is 13.2. The number of nitrogens with zero attached hydrogens (tertiary/aromatic N) is 3. The molecule has 25 heavy (non-hydrogen) atoms. The second-order valence-electron chi connectivity index (χ2n) is 5.32. The lowest BCUT2D eigenvalue weighted by Crippen LogP contribution is -2.08. The molecule has 8 nitrogen and oxygen atoms in total. The van der Waals surface area contributed by atoms with Gasteiger partial charge in [-0.3, -0.25) is 10.1 Å². The summed E-state index contributed by atoms with van der Waals surface area (Å²) in [4.78, 5) is 10.2. The third-order valence-corrected chi connectivity index (χ3v) is 3.62. The predicted molar refractivity (Wildman–Crippen MR) is 91.4 cm³/mol. The fraction of sp³-hybridized carbons (Fsp3) is 0.176. The summed E-state index contributed by atoms with van der Waals surface area (Å²) in [6.07, 6.45) is 0. The Hall–Kier alpha value is -3.42. The standard InChI is InChI=1S/C17H16N4O4/c1-11(18-14-5-3-4-6-15(14)24-2)16-19-20-17(25-16)12-7-9-13(10-8-12)21(22)23/h3-11,18H,1-2H3/t11-/m1/s1. The molecule has 1 aromatic heterocycles. The van der Waals surface area contributed by atoms with Crippen LogP contribution in [0.15, 0.2) is 52.9 Å². The molecule has 3 aromatic rings. The summed E-state index contributed by atoms with van der Waals surface area (Å²) in [7, 11) is 1.60. The lowest BCUT2D eigenvalue weighted by molar-refractivity contribution is -0.384. The number of para-hydroxylation sites is 2. The van der Waals surface area contributed by atoms with E-state index in [4.69, 9.17) is 9.15 Å². The Morgan fingerprint density at radius 1 is 1.16 bits per heavy atom. The van der Waals surface area contributed by atoms with Crippen molar-refractivity contribution in [3.8, 4) is 17.2 Å². The van der Waals surface area contributed by atoms with E-state index in [9.17, 15) is 10.1 Å². The first-order valence-electron chi connectivity index (χ1n) is 7.56. The normalized spacial score (nSPS) is 11.8. The van der Waals surface area contributed by atoms with Crippen molar-refractivity contribution in [2.75, 3.05) is 12.4 Å². The first-order valence-corrected chi connectivity index (χ1v) is 7.56. The Morgan fingerprint density at radius 2 is 1.88 bits per heavy atom. The number of aromatic nitrogens is 2. The Bertz CT molecular complexity index is 876. The number of hydrogen-bond acceptors (Lipinski definition) is 7. The molecule has 0 saturated heterocycles. The Kier molecular flexibility index (Phi) is 4.60. The zero-order valence-electron chi connectivity index (χ0n) is 13.7. The van der Waals surface area contributed by atoms with Gasteiger partial charge >= 0.3 is 0 Å². The molecule has 1 atom stereocenters. The topological polar surface area (TPSA) is 103 Å². The van der Waals surface area contributed by atoms with Gasteiger partial charge in [0.15, 0.2) is 0 Å². The maximum atomic E-state index is 10.7. The van der Waals surface area contributed by atoms with E-state index in [-0.39, 0.29) is 11.7 Å². The van der Waals surface area contributed by atoms with Crippen LogP contribution in [0.25, 0.3) is 11.5 Å². The molecule has 0 saturated carbocycles. The average Bonchev–Trinajstić information content (AvgIpc) is 3.12. The highest BCUT2D eigenvalue weighted by molar-refractivity contribution is 5.57. The number of methoxy groups -OCH3 is 1. The van der Waals surface area contributed by atoms with Crippen LogP contribution in [0.3, 0.4) is 0 Å². The Labute approximate surface area is 143 Å². The fourth-order valence-corrected chi connectivity index (χ4v) is 2.31. The van der Waals surface area contributed by atoms with E-state index in [0.717, 1.165) is 5.69 Å². The van der Waals surface area contributed by atoms with Crippen molar-refractivity contribution in [2.45, 2.75) is 13.0 Å². The van der Waals surface area contributed by atoms with E-state index in [0.29, 0.717) is 23.1 Å². The lowest BCUT2D eigenvalue weighted by atomic mass is 10.2. The minimum absolute atomic E-state index is 0.00898. The second-order valence-corrected chi connectivity index (χ2v) is 5.32. The van der Waals surface area contributed by atoms with E-state index < -0.39 is 4.92 Å². The number of nitro groups is 1. The van der Waals surface area contributed by atoms with Crippen LogP contribution in [0, 0.1) is 10.1 Å². The molecule has 1 N–H and O–H groups in total. The molecule has 128 valence electrons. The Morgan fingerprint density at radius 3 is 2.56 bits per heavy atom. The van der Waals surface area contributed by atoms with Gasteiger partial charge in [0.05, 0.1) is 17.7 Å². The summed E-state index contributed by atoms with van der Waals surface area (Å²) >= 11 is 0. The van der Waals surface area contributed by atoms with E-state index >= 15 is 0 Å². The molecule has 8 heteroatoms. The van der Waals surface area contributed by atoms with Gasteiger partial charge in [0.1, 0.15) is 11.8 Å². The largest absolute Gasteiger partial charge is 0.495 e. The minimum atomic E-state index is -0.456. The van der Waals surface area contributed by atoms with Crippen molar-refractivity contribution in [1.29, 1.82) is 0 Å². The number of benzene rings is 2. The average molecular weight is 340 g/mol. The molecule has 0 aliphatic heterocycles. The zero-order valence-corrected chi connectivity index (χ0v) is 13.7. The summed E-state index contributed by atoms with van der Waals surface area (Å²) in [6.45, 7) is 1.89. The monoisotopic (exact) mass is 340 g/mol. The van der Waals surface area contributed by atoms with Crippen molar-refractivity contribution in [1.82, 2.24) is 10.2 Å². The van der Waals surface area contributed by atoms with Crippen molar-refractivity contribution >= 4 is 11.4 Å². The highest BCUT2D eigenvalue weighted by atomic mass is 16.6. The van der Waals surface area contributed by atoms with Crippen LogP contribution in [0.4, 0.5) is 11.4 Å². The van der Waals surface area contributed by atoms with Gasteiger partial charge < -0.3 is 14.5 Å². The molecular formula is C17H16N4O4. The minimum Gasteiger partial charge on any atom is -0.495 e. The molecule has 0 radical (unpaired) electrons. The molecule has 3 rings (SSSR count). The number of nitro benzene ring substituents is 1. The molecule has 1 heterocycles. The first-order chi connectivity index (χ1) is 12.1. The van der Waals surface area contributed by atoms with Gasteiger partial charge in [-0.2, -0.15) is 0 Å². The SMILES string of the molecule is COc1ccccc1N[C@H](C)c1nnc(-c2ccc([N+](=O)[O-])cc2)o1. The van der Waals surface area contributed by atoms with Crippen LogP contribution in [0.5, 0.6) is 5.75 Å². The number of anilines is 1. The smallest absolute Gasteiger partial charge is 0.269 e. The number of rotatable bonds is 6. The van der Waals surface area contributed by atoms with Gasteiger partial charge in [0, 0.05) is 17.7 Å². The molecule has 0 amide bonds. The highest BCUT2D eigenvalue weighted by Crippen LogP contribution is 2.28. The van der Waals surface area contributed by atoms with Gasteiger partial charge in [-0.1, -0.05) is 12.1 Å². The van der Waals surface area contributed by atoms with Crippen LogP contribution in [0.2, 0.25) is 0 Å². The molecule has 0 aliphatic rings. The zero-order chi connectivity index (χ0) is 17.8. The van der Waals surface area contributed by atoms with Crippen LogP contribution >= 0.6 is 0 Å². The van der Waals surface area contributed by atoms with Crippen LogP contribution in [-0.2, 0) is 0 Å². The number of hydrogen-bond donors (Lipinski definition) is 1. The van der Waals surface area contributed by atoms with Crippen LogP contribution in [0.1, 0.15) is 18.9 Å². The van der Waals surface area contributed by atoms with Gasteiger partial charge in [-0.25, -0.2) is 0 Å². The summed E-state index contributed by atoms with van der Waals surface area (Å²) < 4.78 is 11.0. The van der Waals surface area contributed by atoms with Crippen molar-refractivity contribution in [2.24, 2.45) is 0 Å². The van der Waals surface area contributed by atoms with Gasteiger partial charge in [-0.15, -0.1) is 10.2 Å². The lowest BCUT2D eigenvalue weighted by Gasteiger charge is -2.14. The third-order valence-electron chi connectivity index (χ3n) is 3.62. The number of nitrogens with one attached hydrogen (secondary N) is 1. The fourth-order valence-electron chi connectivity index (χ4n) is 2.31. The van der Waals surface area contributed by atoms with Crippen molar-refractivity contribution in [3.63, 3.8) is 0 Å². The molecule has 0 fully saturated rings. The van der Waals surface area contributed by atoms with E-state index in [1.807, 2.05) is 31.2 Å². The summed E-state index contributed by atoms with van der Waals surface area (Å²) in [5.74, 6) is 1.42. The first kappa shape index (κ1) is 16.4. The van der Waals surface area contributed by atoms with E-state index in [1.54, 1.807) is 19.2 Å². The molecule has 0 bridgehead atoms. The number of non-ortho nitro benzene ring substituents is 1. The maximum absolute atomic E-state index is 10.7. The quantitative estimate of drug-likeness (QED) is 0.537. The number of ether oxygens (including phenoxy) is 1. The third kappa shape index (κ3) is 3.57. The van der Waals surface area contributed by atoms with Gasteiger partial charge in [0.25, 0.3) is 5.69 Å². The predicted octanol–water partition coefficient (Wildman–Crippen LogP) is 3.83. The second kappa shape index (κ2) is 7.00. The van der Waals surface area contributed by atoms with E-state index in [2.05, 4.69) is 15.5 Å². The van der Waals surface area contributed by atoms with Crippen LogP contribution < -0.4 is 10.1 Å². The molecule has 0 spiro atoms. The van der Waals surface area contributed by atoms with Gasteiger partial charge in [0.2, 0.25) is 11.8 Å². The molecule has 2 aromatic carbocycles. The van der Waals surface area contributed by atoms with Gasteiger partial charge in [-0.05, 0) is 31.2 Å². The summed E-state index contributed by atoms with van der Waals surface area (Å²) in [5, 5.41) is 22.0. The summed E-state index contributed by atoms with van der Waals surface area (Å²) in [5.41, 5.74) is 1.44. The molecule has 0 unspecified atom stereocenters. The van der Waals surface area contributed by atoms with Crippen molar-refractivity contribution in [3.05, 3.63) is 64.5 Å². The highest BCUT2D eigenvalue weighted by Gasteiger charge is 2.17. The molecular weight excluding hydrogens is 324 g/mol. The maximum Gasteiger partial charge on any atom is 0.269 e. The Balaban J connectivity index is 1.77. The van der Waals surface area contributed by atoms with E-state index in [1.165, 1.54) is 12.1 Å². The molecule has 0 aliphatic carbocycles. The van der Waals surface area contributed by atoms with Crippen molar-refractivity contribution < 1.29 is 14.1 Å². The van der Waals surface area contributed by atoms with Crippen LogP contribution in [-0.4, -0.2) is 22.2 Å².